The van der Waals surface area contributed by atoms with Crippen molar-refractivity contribution in [2.75, 3.05) is 26.6 Å². The van der Waals surface area contributed by atoms with Crippen LogP contribution in [0, 0.1) is 0 Å². The highest BCUT2D eigenvalue weighted by molar-refractivity contribution is 6.47. The number of ether oxygens (including phenoxy) is 3. The van der Waals surface area contributed by atoms with Crippen molar-refractivity contribution in [1.29, 1.82) is 0 Å². The Morgan fingerprint density at radius 1 is 1.00 bits per heavy atom. The second-order valence-corrected chi connectivity index (χ2v) is 6.04. The minimum absolute atomic E-state index is 0.257. The van der Waals surface area contributed by atoms with Gasteiger partial charge in [-0.3, -0.25) is 4.79 Å². The largest absolute Gasteiger partial charge is 0.493 e. The molecule has 2 aromatic carbocycles. The number of hydrogen-bond acceptors (Lipinski definition) is 4. The van der Waals surface area contributed by atoms with Gasteiger partial charge < -0.3 is 19.5 Å². The van der Waals surface area contributed by atoms with Crippen LogP contribution in [0.1, 0.15) is 11.1 Å². The second kappa shape index (κ2) is 6.86. The molecule has 0 radical (unpaired) electrons. The predicted molar refractivity (Wildman–Crippen MR) is 99.1 cm³/mol. The molecule has 7 heteroatoms. The highest BCUT2D eigenvalue weighted by atomic mass is 35.5. The lowest BCUT2D eigenvalue weighted by atomic mass is 10.0. The zero-order chi connectivity index (χ0) is 18.1. The van der Waals surface area contributed by atoms with Crippen molar-refractivity contribution in [2.24, 2.45) is 0 Å². The Morgan fingerprint density at radius 2 is 1.64 bits per heavy atom. The van der Waals surface area contributed by atoms with E-state index in [9.17, 15) is 4.79 Å². The van der Waals surface area contributed by atoms with E-state index in [1.807, 2.05) is 0 Å². The average molecular weight is 380 g/mol. The summed E-state index contributed by atoms with van der Waals surface area (Å²) in [5, 5.41) is 3.45. The number of carbonyl (C=O) groups is 1. The summed E-state index contributed by atoms with van der Waals surface area (Å²) < 4.78 is 16.0. The number of fused-ring (bicyclic) bond motifs is 1. The van der Waals surface area contributed by atoms with Gasteiger partial charge in [-0.25, -0.2) is 0 Å². The monoisotopic (exact) mass is 379 g/mol. The Kier molecular flexibility index (Phi) is 4.79. The van der Waals surface area contributed by atoms with Gasteiger partial charge in [-0.15, -0.1) is 0 Å². The van der Waals surface area contributed by atoms with E-state index >= 15 is 0 Å². The van der Waals surface area contributed by atoms with Crippen molar-refractivity contribution in [3.63, 3.8) is 0 Å². The SMILES string of the molecule is COc1cc(/C=C2/C(=O)Nc3c2ccc(Cl)c3Cl)cc(OC)c1OC. The number of benzene rings is 2. The summed E-state index contributed by atoms with van der Waals surface area (Å²) in [6.07, 6.45) is 1.73. The van der Waals surface area contributed by atoms with Crippen molar-refractivity contribution in [3.05, 3.63) is 45.4 Å². The van der Waals surface area contributed by atoms with Gasteiger partial charge in [0.05, 0.1) is 37.1 Å². The van der Waals surface area contributed by atoms with Gasteiger partial charge in [0.1, 0.15) is 0 Å². The predicted octanol–water partition coefficient (Wildman–Crippen LogP) is 4.51. The molecule has 0 aromatic heterocycles. The number of rotatable bonds is 4. The topological polar surface area (TPSA) is 56.8 Å². The maximum Gasteiger partial charge on any atom is 0.256 e. The summed E-state index contributed by atoms with van der Waals surface area (Å²) in [6.45, 7) is 0. The van der Waals surface area contributed by atoms with Gasteiger partial charge in [0, 0.05) is 11.1 Å². The molecule has 1 aliphatic rings. The van der Waals surface area contributed by atoms with E-state index in [4.69, 9.17) is 37.4 Å². The van der Waals surface area contributed by atoms with Crippen molar-refractivity contribution in [2.45, 2.75) is 0 Å². The molecule has 1 amide bonds. The molecule has 5 nitrogen and oxygen atoms in total. The van der Waals surface area contributed by atoms with E-state index in [2.05, 4.69) is 5.32 Å². The number of methoxy groups -OCH3 is 3. The molecule has 1 aliphatic heterocycles. The van der Waals surface area contributed by atoms with Crippen LogP contribution in [0.25, 0.3) is 11.6 Å². The molecule has 3 rings (SSSR count). The van der Waals surface area contributed by atoms with Gasteiger partial charge in [-0.05, 0) is 29.8 Å². The van der Waals surface area contributed by atoms with E-state index in [1.165, 1.54) is 21.3 Å². The molecule has 0 bridgehead atoms. The molecule has 0 spiro atoms. The highest BCUT2D eigenvalue weighted by Gasteiger charge is 2.27. The van der Waals surface area contributed by atoms with E-state index in [1.54, 1.807) is 30.3 Å². The van der Waals surface area contributed by atoms with Crippen LogP contribution in [0.15, 0.2) is 24.3 Å². The smallest absolute Gasteiger partial charge is 0.256 e. The molecule has 0 saturated heterocycles. The average Bonchev–Trinajstić information content (AvgIpc) is 2.93. The quantitative estimate of drug-likeness (QED) is 0.793. The summed E-state index contributed by atoms with van der Waals surface area (Å²) in [5.74, 6) is 1.23. The third-order valence-electron chi connectivity index (χ3n) is 3.87. The van der Waals surface area contributed by atoms with Gasteiger partial charge in [0.15, 0.2) is 11.5 Å². The van der Waals surface area contributed by atoms with Gasteiger partial charge in [0.2, 0.25) is 5.75 Å². The standard InChI is InChI=1S/C18H15Cl2NO4/c1-23-13-7-9(8-14(24-2)17(13)25-3)6-11-10-4-5-12(19)15(20)16(10)21-18(11)22/h4-8H,1-3H3,(H,21,22)/b11-6+. The maximum absolute atomic E-state index is 12.4. The summed E-state index contributed by atoms with van der Waals surface area (Å²) in [4.78, 5) is 12.4. The Morgan fingerprint density at radius 3 is 2.20 bits per heavy atom. The van der Waals surface area contributed by atoms with Crippen molar-refractivity contribution >= 4 is 46.4 Å². The highest BCUT2D eigenvalue weighted by Crippen LogP contribution is 2.43. The van der Waals surface area contributed by atoms with Crippen molar-refractivity contribution in [1.82, 2.24) is 0 Å². The molecule has 1 N–H and O–H groups in total. The molecule has 130 valence electrons. The first-order valence-electron chi connectivity index (χ1n) is 7.31. The Hall–Kier alpha value is -2.37. The fourth-order valence-electron chi connectivity index (χ4n) is 2.70. The fourth-order valence-corrected chi connectivity index (χ4v) is 3.06. The number of anilines is 1. The molecule has 25 heavy (non-hydrogen) atoms. The lowest BCUT2D eigenvalue weighted by Crippen LogP contribution is -2.04. The van der Waals surface area contributed by atoms with Crippen LogP contribution in [0.5, 0.6) is 17.2 Å². The number of amides is 1. The Bertz CT molecular complexity index is 868. The lowest BCUT2D eigenvalue weighted by Gasteiger charge is -2.13. The summed E-state index contributed by atoms with van der Waals surface area (Å²) >= 11 is 12.2. The molecule has 0 aliphatic carbocycles. The molecule has 0 atom stereocenters. The number of nitrogens with one attached hydrogen (secondary N) is 1. The number of carbonyl (C=O) groups excluding carboxylic acids is 1. The molecule has 1 heterocycles. The number of hydrogen-bond donors (Lipinski definition) is 1. The third kappa shape index (κ3) is 3.01. The van der Waals surface area contributed by atoms with Crippen LogP contribution in [0.3, 0.4) is 0 Å². The van der Waals surface area contributed by atoms with Crippen molar-refractivity contribution in [3.8, 4) is 17.2 Å². The summed E-state index contributed by atoms with van der Waals surface area (Å²) in [6, 6.07) is 6.94. The summed E-state index contributed by atoms with van der Waals surface area (Å²) in [7, 11) is 4.60. The number of halogens is 2. The van der Waals surface area contributed by atoms with E-state index in [0.717, 1.165) is 5.56 Å². The van der Waals surface area contributed by atoms with Crippen molar-refractivity contribution < 1.29 is 19.0 Å². The minimum atomic E-state index is -0.257. The Labute approximate surface area is 155 Å². The first kappa shape index (κ1) is 17.5. The van der Waals surface area contributed by atoms with Crippen LogP contribution in [0.4, 0.5) is 5.69 Å². The zero-order valence-corrected chi connectivity index (χ0v) is 15.3. The minimum Gasteiger partial charge on any atom is -0.493 e. The second-order valence-electron chi connectivity index (χ2n) is 5.25. The van der Waals surface area contributed by atoms with Gasteiger partial charge >= 0.3 is 0 Å². The maximum atomic E-state index is 12.4. The normalized spacial score (nSPS) is 14.3. The van der Waals surface area contributed by atoms with Gasteiger partial charge in [-0.1, -0.05) is 29.3 Å². The van der Waals surface area contributed by atoms with Gasteiger partial charge in [0.25, 0.3) is 5.91 Å². The van der Waals surface area contributed by atoms with E-state index < -0.39 is 0 Å². The lowest BCUT2D eigenvalue weighted by molar-refractivity contribution is -0.110. The molecule has 2 aromatic rings. The van der Waals surface area contributed by atoms with Crippen LogP contribution in [0.2, 0.25) is 10.0 Å². The third-order valence-corrected chi connectivity index (χ3v) is 4.67. The Balaban J connectivity index is 2.14. The molecular formula is C18H15Cl2NO4. The summed E-state index contributed by atoms with van der Waals surface area (Å²) in [5.41, 5.74) is 2.40. The molecule has 0 unspecified atom stereocenters. The van der Waals surface area contributed by atoms with Crippen LogP contribution in [-0.4, -0.2) is 27.2 Å². The molecule has 0 fully saturated rings. The molecular weight excluding hydrogens is 365 g/mol. The molecule has 0 saturated carbocycles. The van der Waals surface area contributed by atoms with E-state index in [-0.39, 0.29) is 5.91 Å². The van der Waals surface area contributed by atoms with Crippen LogP contribution >= 0.6 is 23.2 Å². The van der Waals surface area contributed by atoms with E-state index in [0.29, 0.717) is 44.1 Å². The first-order chi connectivity index (χ1) is 12.0. The van der Waals surface area contributed by atoms with Crippen LogP contribution in [-0.2, 0) is 4.79 Å². The van der Waals surface area contributed by atoms with Crippen LogP contribution < -0.4 is 19.5 Å². The fraction of sp³-hybridized carbons (Fsp3) is 0.167. The van der Waals surface area contributed by atoms with Gasteiger partial charge in [-0.2, -0.15) is 0 Å². The zero-order valence-electron chi connectivity index (χ0n) is 13.8. The first-order valence-corrected chi connectivity index (χ1v) is 8.07.